The maximum absolute atomic E-state index is 12.8. The summed E-state index contributed by atoms with van der Waals surface area (Å²) in [7, 11) is -2.14. The van der Waals surface area contributed by atoms with Gasteiger partial charge in [-0.3, -0.25) is 4.72 Å². The van der Waals surface area contributed by atoms with Crippen molar-refractivity contribution in [2.75, 3.05) is 16.7 Å². The molecule has 156 valence electrons. The van der Waals surface area contributed by atoms with Gasteiger partial charge in [0.15, 0.2) is 0 Å². The smallest absolute Gasteiger partial charge is 0.339 e. The van der Waals surface area contributed by atoms with Crippen molar-refractivity contribution in [1.29, 1.82) is 0 Å². The largest absolute Gasteiger partial charge is 0.478 e. The van der Waals surface area contributed by atoms with Gasteiger partial charge in [0, 0.05) is 13.6 Å². The number of anilines is 2. The van der Waals surface area contributed by atoms with E-state index in [1.165, 1.54) is 18.3 Å². The zero-order valence-corrected chi connectivity index (χ0v) is 17.8. The van der Waals surface area contributed by atoms with E-state index in [1.807, 2.05) is 37.3 Å². The van der Waals surface area contributed by atoms with Gasteiger partial charge in [-0.05, 0) is 37.1 Å². The number of hydrogen-bond donors (Lipinski definition) is 2. The van der Waals surface area contributed by atoms with Crippen LogP contribution in [0.5, 0.6) is 0 Å². The van der Waals surface area contributed by atoms with Crippen LogP contribution >= 0.6 is 0 Å². The number of carboxylic acids is 1. The molecule has 0 saturated carbocycles. The molecule has 0 aliphatic heterocycles. The minimum atomic E-state index is -3.88. The predicted molar refractivity (Wildman–Crippen MR) is 116 cm³/mol. The third kappa shape index (κ3) is 4.77. The van der Waals surface area contributed by atoms with Gasteiger partial charge in [0.25, 0.3) is 10.0 Å². The van der Waals surface area contributed by atoms with E-state index in [0.717, 1.165) is 11.1 Å². The van der Waals surface area contributed by atoms with Crippen molar-refractivity contribution in [3.05, 3.63) is 83.0 Å². The van der Waals surface area contributed by atoms with Crippen LogP contribution in [0.4, 0.5) is 11.5 Å². The molecule has 0 radical (unpaired) electrons. The second kappa shape index (κ2) is 8.54. The summed E-state index contributed by atoms with van der Waals surface area (Å²) in [5, 5.41) is 9.65. The van der Waals surface area contributed by atoms with Gasteiger partial charge in [-0.1, -0.05) is 48.0 Å². The van der Waals surface area contributed by atoms with Gasteiger partial charge in [0.1, 0.15) is 11.4 Å². The first kappa shape index (κ1) is 21.3. The van der Waals surface area contributed by atoms with E-state index in [-0.39, 0.29) is 22.0 Å². The molecule has 7 nitrogen and oxygen atoms in total. The molecular weight excluding hydrogens is 402 g/mol. The number of carbonyl (C=O) groups is 1. The van der Waals surface area contributed by atoms with Crippen molar-refractivity contribution in [2.24, 2.45) is 0 Å². The summed E-state index contributed by atoms with van der Waals surface area (Å²) in [6.45, 7) is 4.05. The summed E-state index contributed by atoms with van der Waals surface area (Å²) in [6, 6.07) is 15.9. The van der Waals surface area contributed by atoms with Crippen LogP contribution in [-0.4, -0.2) is 31.5 Å². The van der Waals surface area contributed by atoms with Gasteiger partial charge in [0.2, 0.25) is 0 Å². The first-order chi connectivity index (χ1) is 14.2. The number of aryl methyl sites for hydroxylation is 2. The van der Waals surface area contributed by atoms with Crippen LogP contribution in [0.15, 0.2) is 65.7 Å². The second-order valence-electron chi connectivity index (χ2n) is 7.12. The van der Waals surface area contributed by atoms with E-state index in [1.54, 1.807) is 31.0 Å². The lowest BCUT2D eigenvalue weighted by Crippen LogP contribution is -2.21. The molecule has 0 saturated heterocycles. The summed E-state index contributed by atoms with van der Waals surface area (Å²) >= 11 is 0. The normalized spacial score (nSPS) is 11.2. The zero-order chi connectivity index (χ0) is 21.9. The topological polar surface area (TPSA) is 99.6 Å². The zero-order valence-electron chi connectivity index (χ0n) is 17.0. The number of hydrogen-bond acceptors (Lipinski definition) is 5. The average Bonchev–Trinajstić information content (AvgIpc) is 2.68. The highest BCUT2D eigenvalue weighted by molar-refractivity contribution is 7.92. The van der Waals surface area contributed by atoms with E-state index in [2.05, 4.69) is 9.71 Å². The third-order valence-electron chi connectivity index (χ3n) is 4.59. The molecule has 1 heterocycles. The number of nitrogens with one attached hydrogen (secondary N) is 1. The van der Waals surface area contributed by atoms with Crippen molar-refractivity contribution >= 4 is 27.5 Å². The Labute approximate surface area is 176 Å². The first-order valence-electron chi connectivity index (χ1n) is 9.26. The summed E-state index contributed by atoms with van der Waals surface area (Å²) in [5.41, 5.74) is 2.55. The number of aromatic carboxylic acids is 1. The van der Waals surface area contributed by atoms with Gasteiger partial charge in [-0.2, -0.15) is 0 Å². The Morgan fingerprint density at radius 2 is 1.80 bits per heavy atom. The fourth-order valence-electron chi connectivity index (χ4n) is 3.22. The molecule has 0 fully saturated rings. The second-order valence-corrected chi connectivity index (χ2v) is 8.77. The molecule has 0 spiro atoms. The molecule has 3 aromatic rings. The summed E-state index contributed by atoms with van der Waals surface area (Å²) in [4.78, 5) is 17.9. The minimum absolute atomic E-state index is 0.0873. The molecule has 0 atom stereocenters. The Bertz CT molecular complexity index is 1180. The lowest BCUT2D eigenvalue weighted by Gasteiger charge is -2.21. The molecule has 0 bridgehead atoms. The molecular formula is C22H23N3O4S. The maximum Gasteiger partial charge on any atom is 0.339 e. The average molecular weight is 426 g/mol. The highest BCUT2D eigenvalue weighted by Crippen LogP contribution is 2.25. The van der Waals surface area contributed by atoms with Crippen molar-refractivity contribution in [3.8, 4) is 0 Å². The Morgan fingerprint density at radius 3 is 2.43 bits per heavy atom. The van der Waals surface area contributed by atoms with Crippen LogP contribution in [-0.2, 0) is 16.6 Å². The highest BCUT2D eigenvalue weighted by Gasteiger charge is 2.21. The fourth-order valence-corrected chi connectivity index (χ4v) is 4.48. The number of benzene rings is 2. The molecule has 30 heavy (non-hydrogen) atoms. The van der Waals surface area contributed by atoms with Crippen LogP contribution in [0, 0.1) is 13.8 Å². The Balaban J connectivity index is 1.90. The van der Waals surface area contributed by atoms with Crippen molar-refractivity contribution in [2.45, 2.75) is 25.3 Å². The Hall–Kier alpha value is -3.39. The van der Waals surface area contributed by atoms with E-state index >= 15 is 0 Å². The van der Waals surface area contributed by atoms with E-state index in [9.17, 15) is 18.3 Å². The van der Waals surface area contributed by atoms with Crippen LogP contribution in [0.1, 0.15) is 27.0 Å². The van der Waals surface area contributed by atoms with Crippen LogP contribution in [0.3, 0.4) is 0 Å². The number of pyridine rings is 1. The lowest BCUT2D eigenvalue weighted by atomic mass is 10.2. The molecule has 1 aromatic heterocycles. The maximum atomic E-state index is 12.8. The van der Waals surface area contributed by atoms with E-state index in [0.29, 0.717) is 12.1 Å². The molecule has 3 rings (SSSR count). The molecule has 8 heteroatoms. The fraction of sp³-hybridized carbons (Fsp3) is 0.182. The number of sulfonamides is 1. The van der Waals surface area contributed by atoms with Gasteiger partial charge in [-0.15, -0.1) is 0 Å². The van der Waals surface area contributed by atoms with Crippen molar-refractivity contribution in [1.82, 2.24) is 4.98 Å². The van der Waals surface area contributed by atoms with Crippen LogP contribution < -0.4 is 9.62 Å². The SMILES string of the molecule is Cc1ccc(S(=O)(=O)Nc2cnc(N(C)Cc3ccccc3)c(C(=O)O)c2)c(C)c1. The molecule has 2 aromatic carbocycles. The first-order valence-corrected chi connectivity index (χ1v) is 10.7. The van der Waals surface area contributed by atoms with E-state index < -0.39 is 16.0 Å². The monoisotopic (exact) mass is 425 g/mol. The predicted octanol–water partition coefficient (Wildman–Crippen LogP) is 3.83. The Morgan fingerprint density at radius 1 is 1.10 bits per heavy atom. The minimum Gasteiger partial charge on any atom is -0.478 e. The summed E-state index contributed by atoms with van der Waals surface area (Å²) in [6.07, 6.45) is 1.32. The molecule has 0 aliphatic rings. The van der Waals surface area contributed by atoms with Gasteiger partial charge < -0.3 is 10.0 Å². The standard InChI is InChI=1S/C22H23N3O4S/c1-15-9-10-20(16(2)11-15)30(28,29)24-18-12-19(22(26)27)21(23-13-18)25(3)14-17-7-5-4-6-8-17/h4-13,24H,14H2,1-3H3,(H,26,27). The summed E-state index contributed by atoms with van der Waals surface area (Å²) in [5.74, 6) is -0.939. The van der Waals surface area contributed by atoms with Crippen LogP contribution in [0.2, 0.25) is 0 Å². The van der Waals surface area contributed by atoms with Gasteiger partial charge in [0.05, 0.1) is 16.8 Å². The van der Waals surface area contributed by atoms with Gasteiger partial charge >= 0.3 is 5.97 Å². The summed E-state index contributed by atoms with van der Waals surface area (Å²) < 4.78 is 28.0. The molecule has 2 N–H and O–H groups in total. The van der Waals surface area contributed by atoms with Gasteiger partial charge in [-0.25, -0.2) is 18.2 Å². The van der Waals surface area contributed by atoms with E-state index in [4.69, 9.17) is 0 Å². The molecule has 0 aliphatic carbocycles. The number of nitrogens with zero attached hydrogens (tertiary/aromatic N) is 2. The number of carboxylic acid groups (broad SMARTS) is 1. The third-order valence-corrected chi connectivity index (χ3v) is 6.13. The Kier molecular flexibility index (Phi) is 6.07. The van der Waals surface area contributed by atoms with Crippen molar-refractivity contribution in [3.63, 3.8) is 0 Å². The van der Waals surface area contributed by atoms with Crippen LogP contribution in [0.25, 0.3) is 0 Å². The quantitative estimate of drug-likeness (QED) is 0.597. The molecule has 0 unspecified atom stereocenters. The lowest BCUT2D eigenvalue weighted by molar-refractivity contribution is 0.0697. The van der Waals surface area contributed by atoms with Crippen molar-refractivity contribution < 1.29 is 18.3 Å². The molecule has 0 amide bonds. The number of aromatic nitrogens is 1. The highest BCUT2D eigenvalue weighted by atomic mass is 32.2. The number of rotatable bonds is 7.